The molecule has 0 heterocycles. The minimum Gasteiger partial charge on any atom is -0.493 e. The number of halogens is 1. The fraction of sp³-hybridized carbons (Fsp3) is 0.417. The number of benzene rings is 1. The maximum atomic E-state index is 12.1. The van der Waals surface area contributed by atoms with Gasteiger partial charge in [-0.05, 0) is 12.5 Å². The van der Waals surface area contributed by atoms with E-state index in [0.717, 1.165) is 6.07 Å². The van der Waals surface area contributed by atoms with Crippen molar-refractivity contribution in [2.24, 2.45) is 0 Å². The van der Waals surface area contributed by atoms with Crippen molar-refractivity contribution < 1.29 is 32.2 Å². The van der Waals surface area contributed by atoms with Gasteiger partial charge in [0.25, 0.3) is 0 Å². The van der Waals surface area contributed by atoms with Crippen molar-refractivity contribution in [2.75, 3.05) is 26.6 Å². The predicted molar refractivity (Wildman–Crippen MR) is 69.2 cm³/mol. The molecule has 1 N–H and O–H groups in total. The number of hydrogen-bond acceptors (Lipinski definition) is 5. The predicted octanol–water partition coefficient (Wildman–Crippen LogP) is 1.54. The molecule has 0 aromatic heterocycles. The first-order valence-electron chi connectivity index (χ1n) is 5.65. The molecular weight excluding hydrogens is 291 g/mol. The molecule has 0 aliphatic carbocycles. The molecule has 0 atom stereocenters. The zero-order chi connectivity index (χ0) is 15.3. The van der Waals surface area contributed by atoms with E-state index < -0.39 is 28.2 Å². The highest BCUT2D eigenvalue weighted by Crippen LogP contribution is 2.34. The van der Waals surface area contributed by atoms with Crippen molar-refractivity contribution in [3.8, 4) is 11.5 Å². The fourth-order valence-electron chi connectivity index (χ4n) is 1.64. The normalized spacial score (nSPS) is 11.2. The van der Waals surface area contributed by atoms with Gasteiger partial charge in [0.15, 0.2) is 21.3 Å². The molecule has 0 radical (unpaired) electrons. The molecular formula is C12H15FO6S. The first-order chi connectivity index (χ1) is 9.37. The molecule has 1 aromatic rings. The van der Waals surface area contributed by atoms with Gasteiger partial charge < -0.3 is 14.6 Å². The Hall–Kier alpha value is -1.83. The van der Waals surface area contributed by atoms with Crippen LogP contribution >= 0.6 is 0 Å². The van der Waals surface area contributed by atoms with Crippen molar-refractivity contribution in [1.29, 1.82) is 0 Å². The summed E-state index contributed by atoms with van der Waals surface area (Å²) < 4.78 is 45.9. The van der Waals surface area contributed by atoms with Gasteiger partial charge >= 0.3 is 5.97 Å². The van der Waals surface area contributed by atoms with Crippen LogP contribution in [0.15, 0.2) is 17.0 Å². The highest BCUT2D eigenvalue weighted by Gasteiger charge is 2.23. The fourth-order valence-corrected chi connectivity index (χ4v) is 2.95. The van der Waals surface area contributed by atoms with E-state index in [1.165, 1.54) is 20.3 Å². The topological polar surface area (TPSA) is 89.9 Å². The number of sulfone groups is 1. The van der Waals surface area contributed by atoms with Crippen LogP contribution < -0.4 is 9.47 Å². The lowest BCUT2D eigenvalue weighted by molar-refractivity contribution is 0.0692. The second-order valence-corrected chi connectivity index (χ2v) is 5.98. The molecule has 0 fully saturated rings. The number of hydrogen-bond donors (Lipinski definition) is 1. The quantitative estimate of drug-likeness (QED) is 0.821. The van der Waals surface area contributed by atoms with Crippen molar-refractivity contribution in [3.63, 3.8) is 0 Å². The van der Waals surface area contributed by atoms with Crippen LogP contribution in [-0.2, 0) is 9.84 Å². The van der Waals surface area contributed by atoms with Gasteiger partial charge in [-0.15, -0.1) is 0 Å². The molecule has 0 spiro atoms. The summed E-state index contributed by atoms with van der Waals surface area (Å²) >= 11 is 0. The Balaban J connectivity index is 3.43. The largest absolute Gasteiger partial charge is 0.493 e. The van der Waals surface area contributed by atoms with Crippen molar-refractivity contribution in [3.05, 3.63) is 17.7 Å². The number of alkyl halides is 1. The Morgan fingerprint density at radius 1 is 1.30 bits per heavy atom. The van der Waals surface area contributed by atoms with E-state index >= 15 is 0 Å². The van der Waals surface area contributed by atoms with Gasteiger partial charge in [-0.25, -0.2) is 13.2 Å². The smallest absolute Gasteiger partial charge is 0.339 e. The monoisotopic (exact) mass is 306 g/mol. The summed E-state index contributed by atoms with van der Waals surface area (Å²) in [7, 11) is -1.26. The number of rotatable bonds is 7. The summed E-state index contributed by atoms with van der Waals surface area (Å²) in [4.78, 5) is 10.9. The molecule has 0 saturated heterocycles. The Bertz CT molecular complexity index is 596. The first-order valence-corrected chi connectivity index (χ1v) is 7.30. The highest BCUT2D eigenvalue weighted by atomic mass is 32.2. The molecule has 112 valence electrons. The first kappa shape index (κ1) is 16.2. The van der Waals surface area contributed by atoms with E-state index in [2.05, 4.69) is 0 Å². The lowest BCUT2D eigenvalue weighted by Gasteiger charge is -2.13. The van der Waals surface area contributed by atoms with E-state index in [1.807, 2.05) is 0 Å². The molecule has 0 amide bonds. The van der Waals surface area contributed by atoms with Crippen LogP contribution in [0.3, 0.4) is 0 Å². The van der Waals surface area contributed by atoms with Crippen LogP contribution in [0, 0.1) is 0 Å². The van der Waals surface area contributed by atoms with E-state index in [4.69, 9.17) is 14.6 Å². The molecule has 0 aliphatic rings. The summed E-state index contributed by atoms with van der Waals surface area (Å²) in [5, 5.41) is 9.09. The second-order valence-electron chi connectivity index (χ2n) is 3.87. The van der Waals surface area contributed by atoms with Crippen LogP contribution in [-0.4, -0.2) is 46.1 Å². The number of carbonyl (C=O) groups is 1. The Labute approximate surface area is 116 Å². The van der Waals surface area contributed by atoms with Crippen LogP contribution in [0.1, 0.15) is 16.8 Å². The SMILES string of the molecule is COc1cc(S(=O)(=O)CCCF)cc(C(=O)O)c1OC. The molecule has 6 nitrogen and oxygen atoms in total. The van der Waals surface area contributed by atoms with Gasteiger partial charge in [0.2, 0.25) is 0 Å². The third-order valence-electron chi connectivity index (χ3n) is 2.59. The zero-order valence-electron chi connectivity index (χ0n) is 11.1. The van der Waals surface area contributed by atoms with Crippen LogP contribution in [0.2, 0.25) is 0 Å². The maximum absolute atomic E-state index is 12.1. The minimum absolute atomic E-state index is 0.00813. The van der Waals surface area contributed by atoms with Gasteiger partial charge in [-0.1, -0.05) is 0 Å². The van der Waals surface area contributed by atoms with Crippen LogP contribution in [0.4, 0.5) is 4.39 Å². The number of ether oxygens (including phenoxy) is 2. The summed E-state index contributed by atoms with van der Waals surface area (Å²) in [5.41, 5.74) is -0.328. The van der Waals surface area contributed by atoms with Crippen LogP contribution in [0.5, 0.6) is 11.5 Å². The van der Waals surface area contributed by atoms with Crippen molar-refractivity contribution in [2.45, 2.75) is 11.3 Å². The molecule has 8 heteroatoms. The minimum atomic E-state index is -3.77. The summed E-state index contributed by atoms with van der Waals surface area (Å²) in [5.74, 6) is -1.82. The third-order valence-corrected chi connectivity index (χ3v) is 4.37. The molecule has 1 aromatic carbocycles. The summed E-state index contributed by atoms with van der Waals surface area (Å²) in [6, 6.07) is 2.15. The van der Waals surface area contributed by atoms with E-state index in [9.17, 15) is 17.6 Å². The zero-order valence-corrected chi connectivity index (χ0v) is 11.9. The lowest BCUT2D eigenvalue weighted by Crippen LogP contribution is -2.11. The number of methoxy groups -OCH3 is 2. The van der Waals surface area contributed by atoms with E-state index in [1.54, 1.807) is 0 Å². The van der Waals surface area contributed by atoms with E-state index in [0.29, 0.717) is 0 Å². The molecule has 0 saturated carbocycles. The third kappa shape index (κ3) is 3.38. The molecule has 0 bridgehead atoms. The molecule has 1 rings (SSSR count). The number of carboxylic acids is 1. The van der Waals surface area contributed by atoms with Crippen molar-refractivity contribution >= 4 is 15.8 Å². The molecule has 0 aliphatic heterocycles. The highest BCUT2D eigenvalue weighted by molar-refractivity contribution is 7.91. The van der Waals surface area contributed by atoms with Crippen LogP contribution in [0.25, 0.3) is 0 Å². The molecule has 0 unspecified atom stereocenters. The molecule has 20 heavy (non-hydrogen) atoms. The Kier molecular flexibility index (Phi) is 5.32. The number of aromatic carboxylic acids is 1. The average molecular weight is 306 g/mol. The Morgan fingerprint density at radius 2 is 1.95 bits per heavy atom. The van der Waals surface area contributed by atoms with Gasteiger partial charge in [0.05, 0.1) is 31.5 Å². The van der Waals surface area contributed by atoms with Gasteiger partial charge in [-0.3, -0.25) is 4.39 Å². The second kappa shape index (κ2) is 6.56. The summed E-state index contributed by atoms with van der Waals surface area (Å²) in [6.07, 6.45) is -0.154. The van der Waals surface area contributed by atoms with Gasteiger partial charge in [0, 0.05) is 6.07 Å². The van der Waals surface area contributed by atoms with E-state index in [-0.39, 0.29) is 28.4 Å². The maximum Gasteiger partial charge on any atom is 0.339 e. The Morgan fingerprint density at radius 3 is 2.40 bits per heavy atom. The van der Waals surface area contributed by atoms with Gasteiger partial charge in [-0.2, -0.15) is 0 Å². The number of carboxylic acid groups (broad SMARTS) is 1. The lowest BCUT2D eigenvalue weighted by atomic mass is 10.2. The average Bonchev–Trinajstić information content (AvgIpc) is 2.43. The standard InChI is InChI=1S/C12H15FO6S/c1-18-10-7-8(20(16,17)5-3-4-13)6-9(12(14)15)11(10)19-2/h6-7H,3-5H2,1-2H3,(H,14,15). The summed E-state index contributed by atoms with van der Waals surface area (Å²) in [6.45, 7) is -0.766. The van der Waals surface area contributed by atoms with Crippen molar-refractivity contribution in [1.82, 2.24) is 0 Å². The van der Waals surface area contributed by atoms with Gasteiger partial charge in [0.1, 0.15) is 5.56 Å².